The second kappa shape index (κ2) is 8.30. The molecule has 1 heterocycles. The molecule has 0 aromatic heterocycles. The number of hydrogen-bond acceptors (Lipinski definition) is 3. The number of hydrogen-bond donors (Lipinski definition) is 1. The standard InChI is InChI=1S/C20H28ClN3O3/c1-20(2,3)19(27)24-10-8-13(9-11-24)17(25)22-14-6-7-15(16(21)12-14)18(26)23(4)5/h6-7,12-13H,8-11H2,1-5H3,(H,22,25). The largest absolute Gasteiger partial charge is 0.345 e. The van der Waals surface area contributed by atoms with Crippen LogP contribution in [0.25, 0.3) is 0 Å². The normalized spacial score (nSPS) is 15.4. The number of piperidine rings is 1. The molecule has 2 rings (SSSR count). The molecule has 7 heteroatoms. The molecule has 1 aliphatic rings. The molecule has 1 aliphatic heterocycles. The van der Waals surface area contributed by atoms with Crippen LogP contribution in [0.15, 0.2) is 18.2 Å². The molecule has 148 valence electrons. The van der Waals surface area contributed by atoms with Gasteiger partial charge in [0.05, 0.1) is 10.6 Å². The van der Waals surface area contributed by atoms with Crippen LogP contribution in [0.1, 0.15) is 44.0 Å². The van der Waals surface area contributed by atoms with Crippen LogP contribution in [0, 0.1) is 11.3 Å². The van der Waals surface area contributed by atoms with E-state index in [9.17, 15) is 14.4 Å². The maximum Gasteiger partial charge on any atom is 0.254 e. The van der Waals surface area contributed by atoms with Gasteiger partial charge in [-0.3, -0.25) is 14.4 Å². The second-order valence-corrected chi connectivity index (χ2v) is 8.61. The molecule has 0 aliphatic carbocycles. The third-order valence-corrected chi connectivity index (χ3v) is 4.98. The first-order valence-electron chi connectivity index (χ1n) is 9.12. The van der Waals surface area contributed by atoms with E-state index in [0.29, 0.717) is 42.2 Å². The molecular weight excluding hydrogens is 366 g/mol. The summed E-state index contributed by atoms with van der Waals surface area (Å²) in [6.07, 6.45) is 1.27. The third kappa shape index (κ3) is 5.22. The summed E-state index contributed by atoms with van der Waals surface area (Å²) in [6, 6.07) is 4.89. The first kappa shape index (κ1) is 21.2. The van der Waals surface area contributed by atoms with Crippen molar-refractivity contribution >= 4 is 35.0 Å². The van der Waals surface area contributed by atoms with Gasteiger partial charge in [-0.1, -0.05) is 32.4 Å². The van der Waals surface area contributed by atoms with Crippen LogP contribution in [0.3, 0.4) is 0 Å². The number of benzene rings is 1. The minimum absolute atomic E-state index is 0.0828. The molecule has 1 aromatic rings. The molecular formula is C20H28ClN3O3. The first-order chi connectivity index (χ1) is 12.5. The van der Waals surface area contributed by atoms with Crippen LogP contribution in [-0.2, 0) is 9.59 Å². The summed E-state index contributed by atoms with van der Waals surface area (Å²) in [5.74, 6) is -0.292. The molecule has 6 nitrogen and oxygen atoms in total. The Morgan fingerprint density at radius 3 is 2.22 bits per heavy atom. The van der Waals surface area contributed by atoms with Crippen LogP contribution in [0.5, 0.6) is 0 Å². The lowest BCUT2D eigenvalue weighted by Gasteiger charge is -2.35. The number of rotatable bonds is 3. The van der Waals surface area contributed by atoms with Gasteiger partial charge >= 0.3 is 0 Å². The van der Waals surface area contributed by atoms with Crippen LogP contribution in [-0.4, -0.2) is 54.7 Å². The number of carbonyl (C=O) groups excluding carboxylic acids is 3. The van der Waals surface area contributed by atoms with Crippen molar-refractivity contribution in [3.05, 3.63) is 28.8 Å². The van der Waals surface area contributed by atoms with Crippen molar-refractivity contribution in [3.8, 4) is 0 Å². The summed E-state index contributed by atoms with van der Waals surface area (Å²) >= 11 is 6.19. The number of nitrogens with one attached hydrogen (secondary N) is 1. The summed E-state index contributed by atoms with van der Waals surface area (Å²) in [5.41, 5.74) is 0.555. The number of likely N-dealkylation sites (tertiary alicyclic amines) is 1. The van der Waals surface area contributed by atoms with Crippen molar-refractivity contribution in [2.24, 2.45) is 11.3 Å². The molecule has 0 bridgehead atoms. The van der Waals surface area contributed by atoms with E-state index in [1.54, 1.807) is 32.3 Å². The molecule has 1 aromatic carbocycles. The lowest BCUT2D eigenvalue weighted by Crippen LogP contribution is -2.45. The summed E-state index contributed by atoms with van der Waals surface area (Å²) < 4.78 is 0. The summed E-state index contributed by atoms with van der Waals surface area (Å²) in [7, 11) is 3.32. The molecule has 0 saturated carbocycles. The van der Waals surface area contributed by atoms with E-state index in [-0.39, 0.29) is 23.6 Å². The fraction of sp³-hybridized carbons (Fsp3) is 0.550. The van der Waals surface area contributed by atoms with Gasteiger partial charge in [0.1, 0.15) is 0 Å². The fourth-order valence-corrected chi connectivity index (χ4v) is 3.33. The van der Waals surface area contributed by atoms with E-state index in [4.69, 9.17) is 11.6 Å². The van der Waals surface area contributed by atoms with E-state index in [1.165, 1.54) is 4.90 Å². The molecule has 0 unspecified atom stereocenters. The van der Waals surface area contributed by atoms with Crippen molar-refractivity contribution in [2.75, 3.05) is 32.5 Å². The van der Waals surface area contributed by atoms with Gasteiger partial charge in [0, 0.05) is 44.2 Å². The van der Waals surface area contributed by atoms with E-state index >= 15 is 0 Å². The zero-order valence-corrected chi connectivity index (χ0v) is 17.4. The van der Waals surface area contributed by atoms with Crippen LogP contribution >= 0.6 is 11.6 Å². The minimum Gasteiger partial charge on any atom is -0.345 e. The SMILES string of the molecule is CN(C)C(=O)c1ccc(NC(=O)C2CCN(C(=O)C(C)(C)C)CC2)cc1Cl. The molecule has 0 radical (unpaired) electrons. The van der Waals surface area contributed by atoms with Crippen LogP contribution in [0.2, 0.25) is 5.02 Å². The first-order valence-corrected chi connectivity index (χ1v) is 9.50. The molecule has 1 N–H and O–H groups in total. The Labute approximate surface area is 165 Å². The molecule has 3 amide bonds. The Morgan fingerprint density at radius 1 is 1.15 bits per heavy atom. The third-order valence-electron chi connectivity index (χ3n) is 4.67. The number of carbonyl (C=O) groups is 3. The van der Waals surface area contributed by atoms with Crippen molar-refractivity contribution in [1.82, 2.24) is 9.80 Å². The van der Waals surface area contributed by atoms with Gasteiger partial charge in [0.25, 0.3) is 5.91 Å². The van der Waals surface area contributed by atoms with Gasteiger partial charge in [-0.05, 0) is 31.0 Å². The Hall–Kier alpha value is -2.08. The predicted octanol–water partition coefficient (Wildman–Crippen LogP) is 3.27. The quantitative estimate of drug-likeness (QED) is 0.856. The number of anilines is 1. The van der Waals surface area contributed by atoms with Crippen molar-refractivity contribution in [1.29, 1.82) is 0 Å². The van der Waals surface area contributed by atoms with Gasteiger partial charge in [-0.25, -0.2) is 0 Å². The fourth-order valence-electron chi connectivity index (χ4n) is 3.07. The lowest BCUT2D eigenvalue weighted by atomic mass is 9.90. The maximum atomic E-state index is 12.5. The topological polar surface area (TPSA) is 69.7 Å². The van der Waals surface area contributed by atoms with Crippen LogP contribution in [0.4, 0.5) is 5.69 Å². The van der Waals surface area contributed by atoms with Crippen molar-refractivity contribution < 1.29 is 14.4 Å². The second-order valence-electron chi connectivity index (χ2n) is 8.20. The molecule has 27 heavy (non-hydrogen) atoms. The lowest BCUT2D eigenvalue weighted by molar-refractivity contribution is -0.142. The number of halogens is 1. The highest BCUT2D eigenvalue weighted by atomic mass is 35.5. The summed E-state index contributed by atoms with van der Waals surface area (Å²) in [6.45, 7) is 6.89. The zero-order valence-electron chi connectivity index (χ0n) is 16.6. The van der Waals surface area contributed by atoms with E-state index in [0.717, 1.165) is 0 Å². The molecule has 0 spiro atoms. The van der Waals surface area contributed by atoms with E-state index in [1.807, 2.05) is 25.7 Å². The van der Waals surface area contributed by atoms with Crippen molar-refractivity contribution in [3.63, 3.8) is 0 Å². The Morgan fingerprint density at radius 2 is 1.74 bits per heavy atom. The minimum atomic E-state index is -0.405. The predicted molar refractivity (Wildman–Crippen MR) is 107 cm³/mol. The molecule has 0 atom stereocenters. The highest BCUT2D eigenvalue weighted by Crippen LogP contribution is 2.26. The number of amides is 3. The highest BCUT2D eigenvalue weighted by molar-refractivity contribution is 6.34. The summed E-state index contributed by atoms with van der Waals surface area (Å²) in [5, 5.41) is 3.17. The van der Waals surface area contributed by atoms with E-state index in [2.05, 4.69) is 5.32 Å². The summed E-state index contributed by atoms with van der Waals surface area (Å²) in [4.78, 5) is 40.2. The smallest absolute Gasteiger partial charge is 0.254 e. The monoisotopic (exact) mass is 393 g/mol. The van der Waals surface area contributed by atoms with Gasteiger partial charge in [0.2, 0.25) is 11.8 Å². The maximum absolute atomic E-state index is 12.5. The average Bonchev–Trinajstić information content (AvgIpc) is 2.60. The number of nitrogens with zero attached hydrogens (tertiary/aromatic N) is 2. The Kier molecular flexibility index (Phi) is 6.52. The Balaban J connectivity index is 1.96. The van der Waals surface area contributed by atoms with Gasteiger partial charge in [0.15, 0.2) is 0 Å². The van der Waals surface area contributed by atoms with Crippen molar-refractivity contribution in [2.45, 2.75) is 33.6 Å². The molecule has 1 fully saturated rings. The zero-order chi connectivity index (χ0) is 20.4. The van der Waals surface area contributed by atoms with Gasteiger partial charge in [-0.15, -0.1) is 0 Å². The molecule has 1 saturated heterocycles. The Bertz CT molecular complexity index is 732. The van der Waals surface area contributed by atoms with Gasteiger partial charge < -0.3 is 15.1 Å². The highest BCUT2D eigenvalue weighted by Gasteiger charge is 2.32. The average molecular weight is 394 g/mol. The van der Waals surface area contributed by atoms with Crippen LogP contribution < -0.4 is 5.32 Å². The van der Waals surface area contributed by atoms with Gasteiger partial charge in [-0.2, -0.15) is 0 Å². The van der Waals surface area contributed by atoms with E-state index < -0.39 is 5.41 Å².